The van der Waals surface area contributed by atoms with Crippen molar-refractivity contribution < 1.29 is 32.2 Å². The molecule has 1 aliphatic carbocycles. The largest absolute Gasteiger partial charge is 0.465 e. The molecule has 11 nitrogen and oxygen atoms in total. The number of amides is 1. The highest BCUT2D eigenvalue weighted by Crippen LogP contribution is 2.44. The number of nitrogens with zero attached hydrogens (tertiary/aromatic N) is 3. The zero-order valence-corrected chi connectivity index (χ0v) is 25.6. The number of anilines is 1. The van der Waals surface area contributed by atoms with Crippen molar-refractivity contribution in [3.8, 4) is 22.4 Å². The summed E-state index contributed by atoms with van der Waals surface area (Å²) in [4.78, 5) is 31.0. The van der Waals surface area contributed by atoms with Crippen molar-refractivity contribution in [2.24, 2.45) is 0 Å². The number of benzene rings is 2. The van der Waals surface area contributed by atoms with E-state index in [4.69, 9.17) is 4.74 Å². The van der Waals surface area contributed by atoms with E-state index in [1.165, 1.54) is 42.1 Å². The van der Waals surface area contributed by atoms with Gasteiger partial charge in [0.15, 0.2) is 0 Å². The highest BCUT2D eigenvalue weighted by atomic mass is 32.2. The first-order valence-corrected chi connectivity index (χ1v) is 16.1. The Hall–Kier alpha value is -5.14. The quantitative estimate of drug-likeness (QED) is 0.178. The molecule has 0 radical (unpaired) electrons. The summed E-state index contributed by atoms with van der Waals surface area (Å²) in [7, 11) is -2.69. The predicted molar refractivity (Wildman–Crippen MR) is 169 cm³/mol. The van der Waals surface area contributed by atoms with Crippen LogP contribution in [0.5, 0.6) is 0 Å². The number of halogens is 1. The Labute approximate surface area is 264 Å². The fraction of sp³-hybridized carbons (Fsp3) is 0.212. The topological polar surface area (TPSA) is 152 Å². The van der Waals surface area contributed by atoms with Gasteiger partial charge in [0.05, 0.1) is 41.5 Å². The number of carbonyl (C=O) groups excluding carboxylic acids is 2. The van der Waals surface area contributed by atoms with E-state index in [-0.39, 0.29) is 41.6 Å². The lowest BCUT2D eigenvalue weighted by molar-refractivity contribution is 0.0603. The maximum absolute atomic E-state index is 13.7. The number of nitrogens with one attached hydrogen (secondary N) is 2. The molecule has 3 N–H and O–H groups in total. The highest BCUT2D eigenvalue weighted by Gasteiger charge is 2.47. The SMILES string of the molecule is COC(=O)c1c(-c2ccc(F)cc2)nn2cc(NS(=O)(=O)CCCO)c(-c3cccc(C(=O)NC4(c5ccccn5)CC4)c3)cc12. The Kier molecular flexibility index (Phi) is 8.28. The zero-order chi connectivity index (χ0) is 32.5. The molecule has 2 aromatic carbocycles. The third-order valence-corrected chi connectivity index (χ3v) is 9.16. The number of aliphatic hydroxyl groups is 1. The van der Waals surface area contributed by atoms with Gasteiger partial charge < -0.3 is 15.2 Å². The minimum atomic E-state index is -3.92. The second-order valence-electron chi connectivity index (χ2n) is 11.0. The van der Waals surface area contributed by atoms with Crippen molar-refractivity contribution in [3.63, 3.8) is 0 Å². The van der Waals surface area contributed by atoms with Gasteiger partial charge in [-0.3, -0.25) is 14.5 Å². The standard InChI is InChI=1S/C33H30FN5O6S/c1-45-32(42)29-27-19-25(22-6-4-7-23(18-22)31(41)36-33(13-14-33)28-8-2-3-15-35-28)26(38-46(43,44)17-5-16-40)20-39(27)37-30(29)21-9-11-24(34)12-10-21/h2-4,6-12,15,18-20,38,40H,5,13-14,16-17H2,1H3,(H,36,41). The molecular formula is C33H30FN5O6S. The summed E-state index contributed by atoms with van der Waals surface area (Å²) in [6.45, 7) is -0.313. The molecule has 3 heterocycles. The molecule has 46 heavy (non-hydrogen) atoms. The Bertz CT molecular complexity index is 2040. The van der Waals surface area contributed by atoms with Crippen LogP contribution in [0.25, 0.3) is 27.9 Å². The van der Waals surface area contributed by atoms with Gasteiger partial charge in [-0.25, -0.2) is 22.1 Å². The fourth-order valence-electron chi connectivity index (χ4n) is 5.33. The molecule has 6 rings (SSSR count). The first-order chi connectivity index (χ1) is 22.1. The molecule has 0 aliphatic heterocycles. The van der Waals surface area contributed by atoms with Crippen LogP contribution in [0.2, 0.25) is 0 Å². The first kappa shape index (κ1) is 30.9. The fourth-order valence-corrected chi connectivity index (χ4v) is 6.44. The smallest absolute Gasteiger partial charge is 0.342 e. The summed E-state index contributed by atoms with van der Waals surface area (Å²) in [5.74, 6) is -1.83. The van der Waals surface area contributed by atoms with Crippen LogP contribution < -0.4 is 10.0 Å². The summed E-state index contributed by atoms with van der Waals surface area (Å²) in [5, 5.41) is 16.9. The second kappa shape index (κ2) is 12.3. The van der Waals surface area contributed by atoms with Gasteiger partial charge in [-0.05, 0) is 79.4 Å². The molecule has 0 saturated heterocycles. The average molecular weight is 644 g/mol. The van der Waals surface area contributed by atoms with Crippen molar-refractivity contribution in [1.29, 1.82) is 0 Å². The normalized spacial score (nSPS) is 13.7. The number of aromatic nitrogens is 3. The summed E-state index contributed by atoms with van der Waals surface area (Å²) >= 11 is 0. The van der Waals surface area contributed by atoms with Crippen molar-refractivity contribution in [2.45, 2.75) is 24.8 Å². The van der Waals surface area contributed by atoms with Crippen molar-refractivity contribution in [3.05, 3.63) is 108 Å². The number of sulfonamides is 1. The molecule has 3 aromatic heterocycles. The van der Waals surface area contributed by atoms with E-state index >= 15 is 0 Å². The Balaban J connectivity index is 1.47. The van der Waals surface area contributed by atoms with Gasteiger partial charge in [0, 0.05) is 29.5 Å². The number of pyridine rings is 2. The predicted octanol–water partition coefficient (Wildman–Crippen LogP) is 4.53. The monoisotopic (exact) mass is 643 g/mol. The van der Waals surface area contributed by atoms with E-state index in [1.54, 1.807) is 36.5 Å². The van der Waals surface area contributed by atoms with Gasteiger partial charge in [0.25, 0.3) is 5.91 Å². The maximum atomic E-state index is 13.7. The van der Waals surface area contributed by atoms with Crippen LogP contribution >= 0.6 is 0 Å². The summed E-state index contributed by atoms with van der Waals surface area (Å²) in [5.41, 5.74) is 2.55. The first-order valence-electron chi connectivity index (χ1n) is 14.5. The highest BCUT2D eigenvalue weighted by molar-refractivity contribution is 7.92. The summed E-state index contributed by atoms with van der Waals surface area (Å²) in [6, 6.07) is 19.3. The molecular weight excluding hydrogens is 613 g/mol. The number of methoxy groups -OCH3 is 1. The van der Waals surface area contributed by atoms with Gasteiger partial charge in [0.1, 0.15) is 17.1 Å². The number of esters is 1. The average Bonchev–Trinajstić information content (AvgIpc) is 3.75. The zero-order valence-electron chi connectivity index (χ0n) is 24.7. The molecule has 0 bridgehead atoms. The summed E-state index contributed by atoms with van der Waals surface area (Å²) < 4.78 is 48.7. The molecule has 0 unspecified atom stereocenters. The van der Waals surface area contributed by atoms with Crippen LogP contribution in [0.4, 0.5) is 10.1 Å². The van der Waals surface area contributed by atoms with Crippen LogP contribution in [-0.2, 0) is 20.3 Å². The number of hydrogen-bond donors (Lipinski definition) is 3. The van der Waals surface area contributed by atoms with Crippen LogP contribution in [0.15, 0.2) is 85.2 Å². The van der Waals surface area contributed by atoms with Gasteiger partial charge in [-0.15, -0.1) is 0 Å². The molecule has 1 amide bonds. The molecule has 1 fully saturated rings. The lowest BCUT2D eigenvalue weighted by atomic mass is 10.00. The Morgan fingerprint density at radius 1 is 1.04 bits per heavy atom. The van der Waals surface area contributed by atoms with Crippen LogP contribution in [0.3, 0.4) is 0 Å². The number of carbonyl (C=O) groups is 2. The molecule has 13 heteroatoms. The number of fused-ring (bicyclic) bond motifs is 1. The Morgan fingerprint density at radius 2 is 1.83 bits per heavy atom. The van der Waals surface area contributed by atoms with Crippen LogP contribution in [0.1, 0.15) is 45.7 Å². The summed E-state index contributed by atoms with van der Waals surface area (Å²) in [6.07, 6.45) is 4.62. The number of ether oxygens (including phenoxy) is 1. The van der Waals surface area contributed by atoms with E-state index in [2.05, 4.69) is 20.1 Å². The number of hydrogen-bond acceptors (Lipinski definition) is 8. The maximum Gasteiger partial charge on any atom is 0.342 e. The number of rotatable bonds is 11. The second-order valence-corrected chi connectivity index (χ2v) is 12.8. The lowest BCUT2D eigenvalue weighted by Gasteiger charge is -2.18. The van der Waals surface area contributed by atoms with Crippen molar-refractivity contribution in [2.75, 3.05) is 24.2 Å². The number of aliphatic hydroxyl groups excluding tert-OH is 1. The van der Waals surface area contributed by atoms with Gasteiger partial charge in [-0.1, -0.05) is 18.2 Å². The van der Waals surface area contributed by atoms with E-state index in [1.807, 2.05) is 18.2 Å². The van der Waals surface area contributed by atoms with Crippen molar-refractivity contribution in [1.82, 2.24) is 19.9 Å². The van der Waals surface area contributed by atoms with Gasteiger partial charge >= 0.3 is 5.97 Å². The third-order valence-electron chi connectivity index (χ3n) is 7.81. The molecule has 236 valence electrons. The third kappa shape index (κ3) is 6.19. The van der Waals surface area contributed by atoms with Gasteiger partial charge in [0.2, 0.25) is 10.0 Å². The van der Waals surface area contributed by atoms with Gasteiger partial charge in [-0.2, -0.15) is 5.10 Å². The molecule has 1 saturated carbocycles. The van der Waals surface area contributed by atoms with E-state index in [0.717, 1.165) is 18.5 Å². The van der Waals surface area contributed by atoms with E-state index in [9.17, 15) is 27.5 Å². The lowest BCUT2D eigenvalue weighted by Crippen LogP contribution is -2.35. The Morgan fingerprint density at radius 3 is 2.50 bits per heavy atom. The van der Waals surface area contributed by atoms with Crippen molar-refractivity contribution >= 4 is 33.1 Å². The molecule has 0 spiro atoms. The molecule has 0 atom stereocenters. The minimum absolute atomic E-state index is 0.0174. The van der Waals surface area contributed by atoms with Crippen LogP contribution in [-0.4, -0.2) is 59.5 Å². The minimum Gasteiger partial charge on any atom is -0.465 e. The van der Waals surface area contributed by atoms with Crippen LogP contribution in [0, 0.1) is 5.82 Å². The molecule has 1 aliphatic rings. The molecule has 5 aromatic rings. The van der Waals surface area contributed by atoms with E-state index in [0.29, 0.717) is 27.8 Å². The van der Waals surface area contributed by atoms with E-state index < -0.39 is 27.3 Å².